The van der Waals surface area contributed by atoms with Gasteiger partial charge in [0.25, 0.3) is 0 Å². The largest absolute Gasteiger partial charge is 0.433 e. The quantitative estimate of drug-likeness (QED) is 0.876. The van der Waals surface area contributed by atoms with Crippen LogP contribution in [0.4, 0.5) is 13.2 Å². The maximum Gasteiger partial charge on any atom is 0.433 e. The average molecular weight is 299 g/mol. The summed E-state index contributed by atoms with van der Waals surface area (Å²) in [4.78, 5) is 18.1. The molecule has 2 aromatic rings. The third-order valence-corrected chi connectivity index (χ3v) is 4.24. The first-order valence-corrected chi connectivity index (χ1v) is 7.03. The molecule has 7 heteroatoms. The molecule has 0 saturated heterocycles. The molecular formula is C14H16F3N3O. The van der Waals surface area contributed by atoms with Gasteiger partial charge < -0.3 is 4.98 Å². The molecule has 1 N–H and O–H groups in total. The van der Waals surface area contributed by atoms with Gasteiger partial charge >= 0.3 is 11.9 Å². The molecule has 0 aromatic carbocycles. The van der Waals surface area contributed by atoms with Gasteiger partial charge in [-0.25, -0.2) is 9.78 Å². The number of H-pyrrole nitrogens is 1. The van der Waals surface area contributed by atoms with E-state index in [1.165, 1.54) is 4.57 Å². The molecule has 4 nitrogen and oxygen atoms in total. The van der Waals surface area contributed by atoms with Crippen LogP contribution in [-0.4, -0.2) is 14.5 Å². The molecule has 0 amide bonds. The van der Waals surface area contributed by atoms with Crippen molar-refractivity contribution in [2.75, 3.05) is 0 Å². The van der Waals surface area contributed by atoms with E-state index in [2.05, 4.69) is 16.9 Å². The highest BCUT2D eigenvalue weighted by Gasteiger charge is 2.33. The van der Waals surface area contributed by atoms with Crippen LogP contribution in [0.1, 0.15) is 44.3 Å². The summed E-state index contributed by atoms with van der Waals surface area (Å²) >= 11 is 0. The number of aromatic amines is 1. The first-order chi connectivity index (χ1) is 9.86. The van der Waals surface area contributed by atoms with Crippen LogP contribution >= 0.6 is 0 Å². The normalized spacial score (nSPS) is 23.6. The van der Waals surface area contributed by atoms with Crippen molar-refractivity contribution in [3.8, 4) is 0 Å². The third kappa shape index (κ3) is 2.56. The fraction of sp³-hybridized carbons (Fsp3) is 0.571. The molecule has 0 bridgehead atoms. The molecule has 0 unspecified atom stereocenters. The first-order valence-electron chi connectivity index (χ1n) is 7.03. The molecule has 1 aliphatic rings. The van der Waals surface area contributed by atoms with Crippen LogP contribution in [0.25, 0.3) is 11.0 Å². The van der Waals surface area contributed by atoms with Crippen LogP contribution in [0.5, 0.6) is 0 Å². The maximum atomic E-state index is 12.8. The van der Waals surface area contributed by atoms with Crippen molar-refractivity contribution in [1.29, 1.82) is 0 Å². The zero-order valence-electron chi connectivity index (χ0n) is 11.6. The van der Waals surface area contributed by atoms with Crippen LogP contribution in [-0.2, 0) is 6.18 Å². The van der Waals surface area contributed by atoms with E-state index in [1.54, 1.807) is 0 Å². The fourth-order valence-electron chi connectivity index (χ4n) is 3.04. The molecule has 0 atom stereocenters. The summed E-state index contributed by atoms with van der Waals surface area (Å²) in [6.45, 7) is 2.15. The van der Waals surface area contributed by atoms with Gasteiger partial charge in [0.1, 0.15) is 5.69 Å². The number of pyridine rings is 1. The molecule has 2 aromatic heterocycles. The summed E-state index contributed by atoms with van der Waals surface area (Å²) in [7, 11) is 0. The molecule has 0 radical (unpaired) electrons. The van der Waals surface area contributed by atoms with Gasteiger partial charge in [-0.15, -0.1) is 0 Å². The lowest BCUT2D eigenvalue weighted by molar-refractivity contribution is -0.141. The molecule has 21 heavy (non-hydrogen) atoms. The van der Waals surface area contributed by atoms with E-state index in [4.69, 9.17) is 0 Å². The number of fused-ring (bicyclic) bond motifs is 1. The Morgan fingerprint density at radius 2 is 1.95 bits per heavy atom. The predicted molar refractivity (Wildman–Crippen MR) is 72.0 cm³/mol. The van der Waals surface area contributed by atoms with E-state index in [-0.39, 0.29) is 11.7 Å². The Bertz CT molecular complexity index is 708. The summed E-state index contributed by atoms with van der Waals surface area (Å²) in [6.07, 6.45) is 0.187. The Morgan fingerprint density at radius 1 is 1.29 bits per heavy atom. The van der Waals surface area contributed by atoms with Crippen molar-refractivity contribution >= 4 is 11.0 Å². The van der Waals surface area contributed by atoms with Gasteiger partial charge in [-0.3, -0.25) is 4.57 Å². The fourth-order valence-corrected chi connectivity index (χ4v) is 3.04. The highest BCUT2D eigenvalue weighted by molar-refractivity contribution is 5.74. The maximum absolute atomic E-state index is 12.8. The lowest BCUT2D eigenvalue weighted by atomic mass is 9.87. The van der Waals surface area contributed by atoms with Crippen LogP contribution < -0.4 is 5.69 Å². The Labute approximate surface area is 119 Å². The second-order valence-corrected chi connectivity index (χ2v) is 5.80. The van der Waals surface area contributed by atoms with Crippen molar-refractivity contribution in [3.05, 3.63) is 28.4 Å². The number of alkyl halides is 3. The molecule has 1 fully saturated rings. The molecule has 114 valence electrons. The summed E-state index contributed by atoms with van der Waals surface area (Å²) in [6, 6.07) is 0.927. The lowest BCUT2D eigenvalue weighted by Gasteiger charge is -2.27. The number of imidazole rings is 1. The smallest absolute Gasteiger partial charge is 0.304 e. The minimum atomic E-state index is -4.51. The Hall–Kier alpha value is -1.79. The molecule has 0 spiro atoms. The standard InChI is InChI=1S/C14H16F3N3O/c1-8-2-4-9(5-3-8)20-11-6-12(14(15,16)17)18-7-10(11)19-13(20)21/h6-9H,2-5H2,1H3,(H,19,21). The highest BCUT2D eigenvalue weighted by Crippen LogP contribution is 2.34. The van der Waals surface area contributed by atoms with Gasteiger partial charge in [-0.1, -0.05) is 6.92 Å². The minimum absolute atomic E-state index is 0.0362. The van der Waals surface area contributed by atoms with Crippen molar-refractivity contribution < 1.29 is 13.2 Å². The third-order valence-electron chi connectivity index (χ3n) is 4.24. The number of nitrogens with zero attached hydrogens (tertiary/aromatic N) is 2. The van der Waals surface area contributed by atoms with E-state index < -0.39 is 11.9 Å². The Morgan fingerprint density at radius 3 is 2.57 bits per heavy atom. The summed E-state index contributed by atoms with van der Waals surface area (Å²) in [5.41, 5.74) is -0.675. The summed E-state index contributed by atoms with van der Waals surface area (Å²) in [5.74, 6) is 0.606. The second-order valence-electron chi connectivity index (χ2n) is 5.80. The molecular weight excluding hydrogens is 283 g/mol. The van der Waals surface area contributed by atoms with Crippen molar-refractivity contribution in [2.45, 2.75) is 44.8 Å². The van der Waals surface area contributed by atoms with Crippen molar-refractivity contribution in [2.24, 2.45) is 5.92 Å². The van der Waals surface area contributed by atoms with E-state index in [1.807, 2.05) is 0 Å². The van der Waals surface area contributed by atoms with Gasteiger partial charge in [0.2, 0.25) is 0 Å². The zero-order chi connectivity index (χ0) is 15.2. The van der Waals surface area contributed by atoms with Gasteiger partial charge in [-0.05, 0) is 37.7 Å². The van der Waals surface area contributed by atoms with E-state index >= 15 is 0 Å². The number of hydrogen-bond donors (Lipinski definition) is 1. The van der Waals surface area contributed by atoms with Crippen LogP contribution in [0, 0.1) is 5.92 Å². The predicted octanol–water partition coefficient (Wildman–Crippen LogP) is 3.49. The van der Waals surface area contributed by atoms with E-state index in [9.17, 15) is 18.0 Å². The topological polar surface area (TPSA) is 50.7 Å². The SMILES string of the molecule is CC1CCC(n2c(=O)[nH]c3cnc(C(F)(F)F)cc32)CC1. The Kier molecular flexibility index (Phi) is 3.30. The summed E-state index contributed by atoms with van der Waals surface area (Å²) in [5, 5.41) is 0. The number of nitrogens with one attached hydrogen (secondary N) is 1. The first kappa shape index (κ1) is 14.2. The second kappa shape index (κ2) is 4.89. The molecule has 1 aliphatic carbocycles. The average Bonchev–Trinajstić information content (AvgIpc) is 2.74. The number of rotatable bonds is 1. The van der Waals surface area contributed by atoms with Gasteiger partial charge in [0.15, 0.2) is 0 Å². The van der Waals surface area contributed by atoms with Gasteiger partial charge in [-0.2, -0.15) is 13.2 Å². The zero-order valence-corrected chi connectivity index (χ0v) is 11.6. The van der Waals surface area contributed by atoms with Gasteiger partial charge in [0.05, 0.1) is 17.2 Å². The van der Waals surface area contributed by atoms with Crippen LogP contribution in [0.3, 0.4) is 0 Å². The summed E-state index contributed by atoms with van der Waals surface area (Å²) < 4.78 is 39.8. The van der Waals surface area contributed by atoms with Crippen LogP contribution in [0.15, 0.2) is 17.1 Å². The molecule has 2 heterocycles. The number of aromatic nitrogens is 3. The Balaban J connectivity index is 2.09. The van der Waals surface area contributed by atoms with E-state index in [0.29, 0.717) is 17.0 Å². The number of halogens is 3. The van der Waals surface area contributed by atoms with E-state index in [0.717, 1.165) is 37.9 Å². The van der Waals surface area contributed by atoms with Gasteiger partial charge in [0, 0.05) is 6.04 Å². The highest BCUT2D eigenvalue weighted by atomic mass is 19.4. The van der Waals surface area contributed by atoms with Crippen molar-refractivity contribution in [1.82, 2.24) is 14.5 Å². The monoisotopic (exact) mass is 299 g/mol. The lowest BCUT2D eigenvalue weighted by Crippen LogP contribution is -2.25. The molecule has 0 aliphatic heterocycles. The molecule has 1 saturated carbocycles. The molecule has 3 rings (SSSR count). The van der Waals surface area contributed by atoms with Crippen molar-refractivity contribution in [3.63, 3.8) is 0 Å². The minimum Gasteiger partial charge on any atom is -0.304 e. The van der Waals surface area contributed by atoms with Crippen LogP contribution in [0.2, 0.25) is 0 Å². The number of hydrogen-bond acceptors (Lipinski definition) is 2.